The van der Waals surface area contributed by atoms with E-state index in [-0.39, 0.29) is 0 Å². The summed E-state index contributed by atoms with van der Waals surface area (Å²) < 4.78 is 17.1. The van der Waals surface area contributed by atoms with Crippen molar-refractivity contribution >= 4 is 6.09 Å². The minimum atomic E-state index is -0.684. The van der Waals surface area contributed by atoms with Gasteiger partial charge in [-0.15, -0.1) is 0 Å². The van der Waals surface area contributed by atoms with Crippen molar-refractivity contribution in [3.63, 3.8) is 0 Å². The Labute approximate surface area is 185 Å². The molecule has 1 saturated heterocycles. The summed E-state index contributed by atoms with van der Waals surface area (Å²) in [6.07, 6.45) is 18.0. The molecule has 0 aliphatic carbocycles. The topological polar surface area (TPSA) is 56.8 Å². The van der Waals surface area contributed by atoms with Crippen LogP contribution in [0.5, 0.6) is 0 Å². The molecule has 0 unspecified atom stereocenters. The molecule has 30 heavy (non-hydrogen) atoms. The normalized spacial score (nSPS) is 18.5. The van der Waals surface area contributed by atoms with Crippen LogP contribution in [-0.4, -0.2) is 36.2 Å². The fraction of sp³-hybridized carbons (Fsp3) is 0.880. The predicted molar refractivity (Wildman–Crippen MR) is 124 cm³/mol. The molecule has 5 heteroatoms. The maximum atomic E-state index is 12.3. The molecule has 0 spiro atoms. The quantitative estimate of drug-likeness (QED) is 0.257. The number of carbonyl (C=O) groups is 1. The van der Waals surface area contributed by atoms with Gasteiger partial charge in [-0.05, 0) is 47.5 Å². The molecule has 0 saturated carbocycles. The largest absolute Gasteiger partial charge is 0.444 e. The monoisotopic (exact) mass is 425 g/mol. The zero-order valence-electron chi connectivity index (χ0n) is 20.5. The van der Waals surface area contributed by atoms with Crippen LogP contribution in [0.15, 0.2) is 12.2 Å². The Bertz CT molecular complexity index is 498. The SMILES string of the molecule is CCCCCCCCCCCC/C=C/C1(NC(=O)OC(C)(C)C)COC(C)(C)OC1. The molecule has 1 rings (SSSR count). The summed E-state index contributed by atoms with van der Waals surface area (Å²) in [5, 5.41) is 2.97. The molecule has 176 valence electrons. The first kappa shape index (κ1) is 27.0. The number of allylic oxidation sites excluding steroid dienone is 1. The van der Waals surface area contributed by atoms with E-state index in [0.717, 1.165) is 6.42 Å². The highest BCUT2D eigenvalue weighted by Crippen LogP contribution is 2.25. The van der Waals surface area contributed by atoms with Gasteiger partial charge in [0.05, 0.1) is 13.2 Å². The Kier molecular flexibility index (Phi) is 12.0. The van der Waals surface area contributed by atoms with E-state index in [1.165, 1.54) is 64.2 Å². The van der Waals surface area contributed by atoms with Crippen LogP contribution in [0.1, 0.15) is 112 Å². The minimum absolute atomic E-state index is 0.369. The van der Waals surface area contributed by atoms with Crippen LogP contribution in [0.2, 0.25) is 0 Å². The Balaban J connectivity index is 2.35. The number of carbonyl (C=O) groups excluding carboxylic acids is 1. The summed E-state index contributed by atoms with van der Waals surface area (Å²) in [6, 6.07) is 0. The molecule has 1 aliphatic heterocycles. The van der Waals surface area contributed by atoms with Crippen molar-refractivity contribution in [3.8, 4) is 0 Å². The molecule has 0 aromatic rings. The molecule has 0 radical (unpaired) electrons. The van der Waals surface area contributed by atoms with Gasteiger partial charge in [-0.25, -0.2) is 4.79 Å². The van der Waals surface area contributed by atoms with Crippen LogP contribution >= 0.6 is 0 Å². The first-order valence-electron chi connectivity index (χ1n) is 12.0. The summed E-state index contributed by atoms with van der Waals surface area (Å²) >= 11 is 0. The number of amides is 1. The van der Waals surface area contributed by atoms with Crippen molar-refractivity contribution in [1.29, 1.82) is 0 Å². The third kappa shape index (κ3) is 12.6. The molecule has 0 bridgehead atoms. The second-order valence-corrected chi connectivity index (χ2v) is 10.1. The van der Waals surface area contributed by atoms with Gasteiger partial charge in [-0.1, -0.05) is 76.9 Å². The van der Waals surface area contributed by atoms with Crippen molar-refractivity contribution in [2.75, 3.05) is 13.2 Å². The zero-order chi connectivity index (χ0) is 22.5. The number of hydrogen-bond donors (Lipinski definition) is 1. The second kappa shape index (κ2) is 13.4. The van der Waals surface area contributed by atoms with E-state index in [1.54, 1.807) is 0 Å². The average molecular weight is 426 g/mol. The van der Waals surface area contributed by atoms with Crippen molar-refractivity contribution in [2.45, 2.75) is 129 Å². The first-order chi connectivity index (χ1) is 14.1. The van der Waals surface area contributed by atoms with E-state index in [1.807, 2.05) is 40.7 Å². The van der Waals surface area contributed by atoms with Gasteiger partial charge >= 0.3 is 6.09 Å². The van der Waals surface area contributed by atoms with Gasteiger partial charge < -0.3 is 19.5 Å². The smallest absolute Gasteiger partial charge is 0.408 e. The predicted octanol–water partition coefficient (Wildman–Crippen LogP) is 6.90. The highest BCUT2D eigenvalue weighted by molar-refractivity contribution is 5.69. The number of ether oxygens (including phenoxy) is 3. The van der Waals surface area contributed by atoms with Crippen LogP contribution in [0, 0.1) is 0 Å². The second-order valence-electron chi connectivity index (χ2n) is 10.1. The van der Waals surface area contributed by atoms with Gasteiger partial charge in [0.1, 0.15) is 11.1 Å². The van der Waals surface area contributed by atoms with Gasteiger partial charge in [0.2, 0.25) is 0 Å². The standard InChI is InChI=1S/C25H47NO4/c1-7-8-9-10-11-12-13-14-15-16-17-18-19-25(20-28-24(5,6)29-21-25)26-22(27)30-23(2,3)4/h18-19H,7-17,20-21H2,1-6H3,(H,26,27)/b19-18+. The maximum Gasteiger partial charge on any atom is 0.408 e. The van der Waals surface area contributed by atoms with E-state index >= 15 is 0 Å². The van der Waals surface area contributed by atoms with Crippen molar-refractivity contribution < 1.29 is 19.0 Å². The van der Waals surface area contributed by atoms with Gasteiger partial charge in [-0.3, -0.25) is 0 Å². The van der Waals surface area contributed by atoms with Crippen LogP contribution in [0.3, 0.4) is 0 Å². The number of alkyl carbamates (subject to hydrolysis) is 1. The van der Waals surface area contributed by atoms with E-state index in [4.69, 9.17) is 14.2 Å². The summed E-state index contributed by atoms with van der Waals surface area (Å²) in [4.78, 5) is 12.3. The molecule has 1 heterocycles. The highest BCUT2D eigenvalue weighted by atomic mass is 16.7. The maximum absolute atomic E-state index is 12.3. The molecule has 1 fully saturated rings. The van der Waals surface area contributed by atoms with E-state index < -0.39 is 23.0 Å². The average Bonchev–Trinajstić information content (AvgIpc) is 2.63. The molecule has 1 N–H and O–H groups in total. The van der Waals surface area contributed by atoms with Gasteiger partial charge in [0, 0.05) is 0 Å². The lowest BCUT2D eigenvalue weighted by Gasteiger charge is -2.42. The Morgan fingerprint density at radius 3 is 1.93 bits per heavy atom. The van der Waals surface area contributed by atoms with Crippen LogP contribution in [0.4, 0.5) is 4.79 Å². The zero-order valence-corrected chi connectivity index (χ0v) is 20.5. The molecular formula is C25H47NO4. The van der Waals surface area contributed by atoms with Crippen LogP contribution in [0.25, 0.3) is 0 Å². The van der Waals surface area contributed by atoms with E-state index in [9.17, 15) is 4.79 Å². The van der Waals surface area contributed by atoms with Gasteiger partial charge in [0.25, 0.3) is 0 Å². The highest BCUT2D eigenvalue weighted by Gasteiger charge is 2.40. The number of nitrogens with one attached hydrogen (secondary N) is 1. The Morgan fingerprint density at radius 2 is 1.43 bits per heavy atom. The first-order valence-corrected chi connectivity index (χ1v) is 12.0. The lowest BCUT2D eigenvalue weighted by molar-refractivity contribution is -0.263. The summed E-state index contributed by atoms with van der Waals surface area (Å²) in [7, 11) is 0. The van der Waals surface area contributed by atoms with Gasteiger partial charge in [0.15, 0.2) is 5.79 Å². The van der Waals surface area contributed by atoms with E-state index in [0.29, 0.717) is 13.2 Å². The molecule has 0 atom stereocenters. The fourth-order valence-corrected chi connectivity index (χ4v) is 3.46. The Morgan fingerprint density at radius 1 is 0.933 bits per heavy atom. The molecule has 0 aromatic carbocycles. The van der Waals surface area contributed by atoms with Crippen molar-refractivity contribution in [3.05, 3.63) is 12.2 Å². The molecule has 5 nitrogen and oxygen atoms in total. The number of rotatable bonds is 13. The van der Waals surface area contributed by atoms with Crippen molar-refractivity contribution in [2.24, 2.45) is 0 Å². The fourth-order valence-electron chi connectivity index (χ4n) is 3.46. The molecule has 1 amide bonds. The van der Waals surface area contributed by atoms with Crippen molar-refractivity contribution in [1.82, 2.24) is 5.32 Å². The molecular weight excluding hydrogens is 378 g/mol. The number of hydrogen-bond acceptors (Lipinski definition) is 4. The lowest BCUT2D eigenvalue weighted by Crippen LogP contribution is -2.60. The summed E-state index contributed by atoms with van der Waals surface area (Å²) in [6.45, 7) is 12.3. The summed E-state index contributed by atoms with van der Waals surface area (Å²) in [5.74, 6) is -0.635. The third-order valence-electron chi connectivity index (χ3n) is 5.27. The van der Waals surface area contributed by atoms with E-state index in [2.05, 4.69) is 18.3 Å². The third-order valence-corrected chi connectivity index (χ3v) is 5.27. The summed E-state index contributed by atoms with van der Waals surface area (Å²) in [5.41, 5.74) is -1.23. The Hall–Kier alpha value is -1.07. The molecule has 0 aromatic heterocycles. The number of unbranched alkanes of at least 4 members (excludes halogenated alkanes) is 10. The molecule has 1 aliphatic rings. The lowest BCUT2D eigenvalue weighted by atomic mass is 9.98. The van der Waals surface area contributed by atoms with Crippen LogP contribution in [-0.2, 0) is 14.2 Å². The minimum Gasteiger partial charge on any atom is -0.444 e. The van der Waals surface area contributed by atoms with Gasteiger partial charge in [-0.2, -0.15) is 0 Å². The van der Waals surface area contributed by atoms with Crippen LogP contribution < -0.4 is 5.32 Å².